The van der Waals surface area contributed by atoms with Gasteiger partial charge in [0.2, 0.25) is 0 Å². The Morgan fingerprint density at radius 2 is 1.90 bits per heavy atom. The summed E-state index contributed by atoms with van der Waals surface area (Å²) < 4.78 is 27.9. The van der Waals surface area contributed by atoms with Crippen LogP contribution in [0.4, 0.5) is 11.4 Å². The van der Waals surface area contributed by atoms with Gasteiger partial charge in [0.15, 0.2) is 0 Å². The van der Waals surface area contributed by atoms with Gasteiger partial charge in [-0.2, -0.15) is 0 Å². The highest BCUT2D eigenvalue weighted by Crippen LogP contribution is 2.28. The van der Waals surface area contributed by atoms with Crippen LogP contribution in [0.2, 0.25) is 5.02 Å². The second-order valence-electron chi connectivity index (χ2n) is 4.25. The molecule has 3 N–H and O–H groups in total. The topological polar surface area (TPSA) is 72.2 Å². The lowest BCUT2D eigenvalue weighted by Gasteiger charge is -2.12. The molecule has 0 fully saturated rings. The van der Waals surface area contributed by atoms with Crippen molar-refractivity contribution in [1.29, 1.82) is 0 Å². The first-order chi connectivity index (χ1) is 9.29. The predicted molar refractivity (Wildman–Crippen MR) is 85.6 cm³/mol. The minimum Gasteiger partial charge on any atom is -0.399 e. The zero-order chi connectivity index (χ0) is 14.9. The molecular weight excluding hydrogens is 364 g/mol. The van der Waals surface area contributed by atoms with E-state index in [1.807, 2.05) is 0 Å². The maximum atomic E-state index is 12.3. The van der Waals surface area contributed by atoms with Crippen LogP contribution in [0, 0.1) is 6.92 Å². The Bertz CT molecular complexity index is 763. The second-order valence-corrected chi connectivity index (χ2v) is 7.23. The van der Waals surface area contributed by atoms with Gasteiger partial charge in [-0.1, -0.05) is 27.5 Å². The standard InChI is InChI=1S/C13H12BrClN2O2S/c1-8-6-10(16)3-5-13(8)20(18,19)17-12-4-2-9(14)7-11(12)15/h2-7,17H,16H2,1H3. The van der Waals surface area contributed by atoms with E-state index >= 15 is 0 Å². The van der Waals surface area contributed by atoms with Crippen LogP contribution in [0.15, 0.2) is 45.8 Å². The Labute approximate surface area is 131 Å². The van der Waals surface area contributed by atoms with E-state index in [-0.39, 0.29) is 4.90 Å². The molecule has 0 spiro atoms. The number of benzene rings is 2. The van der Waals surface area contributed by atoms with Gasteiger partial charge in [-0.3, -0.25) is 4.72 Å². The van der Waals surface area contributed by atoms with Gasteiger partial charge in [0.25, 0.3) is 10.0 Å². The zero-order valence-corrected chi connectivity index (χ0v) is 13.7. The summed E-state index contributed by atoms with van der Waals surface area (Å²) in [5, 5.41) is 0.316. The Kier molecular flexibility index (Phi) is 4.27. The number of nitrogens with one attached hydrogen (secondary N) is 1. The van der Waals surface area contributed by atoms with Crippen molar-refractivity contribution in [2.75, 3.05) is 10.5 Å². The van der Waals surface area contributed by atoms with Crippen molar-refractivity contribution in [3.63, 3.8) is 0 Å². The minimum atomic E-state index is -3.70. The van der Waals surface area contributed by atoms with E-state index in [2.05, 4.69) is 20.7 Å². The molecule has 106 valence electrons. The predicted octanol–water partition coefficient (Wildman–Crippen LogP) is 3.79. The molecule has 0 atom stereocenters. The third-order valence-electron chi connectivity index (χ3n) is 2.66. The third-order valence-corrected chi connectivity index (χ3v) is 5.00. The molecule has 0 aliphatic rings. The van der Waals surface area contributed by atoms with Gasteiger partial charge in [0, 0.05) is 10.2 Å². The monoisotopic (exact) mass is 374 g/mol. The molecule has 0 aliphatic heterocycles. The SMILES string of the molecule is Cc1cc(N)ccc1S(=O)(=O)Nc1ccc(Br)cc1Cl. The fourth-order valence-electron chi connectivity index (χ4n) is 1.75. The first kappa shape index (κ1) is 15.2. The quantitative estimate of drug-likeness (QED) is 0.802. The molecule has 2 rings (SSSR count). The zero-order valence-electron chi connectivity index (χ0n) is 10.5. The Hall–Kier alpha value is -1.24. The molecule has 0 saturated heterocycles. The number of rotatable bonds is 3. The molecule has 7 heteroatoms. The van der Waals surface area contributed by atoms with Crippen molar-refractivity contribution in [2.24, 2.45) is 0 Å². The fourth-order valence-corrected chi connectivity index (χ4v) is 3.83. The molecule has 0 amide bonds. The van der Waals surface area contributed by atoms with E-state index in [1.54, 1.807) is 37.3 Å². The van der Waals surface area contributed by atoms with Crippen LogP contribution in [0.5, 0.6) is 0 Å². The number of nitrogen functional groups attached to an aromatic ring is 1. The number of aryl methyl sites for hydroxylation is 1. The Morgan fingerprint density at radius 3 is 2.50 bits per heavy atom. The summed E-state index contributed by atoms with van der Waals surface area (Å²) in [7, 11) is -3.70. The van der Waals surface area contributed by atoms with Crippen molar-refractivity contribution >= 4 is 48.9 Å². The molecule has 0 aliphatic carbocycles. The number of hydrogen-bond acceptors (Lipinski definition) is 3. The molecule has 20 heavy (non-hydrogen) atoms. The Balaban J connectivity index is 2.41. The average Bonchev–Trinajstić information content (AvgIpc) is 2.32. The largest absolute Gasteiger partial charge is 0.399 e. The highest BCUT2D eigenvalue weighted by Gasteiger charge is 2.18. The van der Waals surface area contributed by atoms with Crippen LogP contribution in [0.3, 0.4) is 0 Å². The van der Waals surface area contributed by atoms with Crippen LogP contribution < -0.4 is 10.5 Å². The molecule has 4 nitrogen and oxygen atoms in total. The molecule has 0 saturated carbocycles. The summed E-state index contributed by atoms with van der Waals surface area (Å²) in [6.45, 7) is 1.69. The van der Waals surface area contributed by atoms with Crippen LogP contribution in [0.1, 0.15) is 5.56 Å². The van der Waals surface area contributed by atoms with Crippen molar-refractivity contribution in [2.45, 2.75) is 11.8 Å². The van der Waals surface area contributed by atoms with Crippen LogP contribution in [-0.2, 0) is 10.0 Å². The maximum Gasteiger partial charge on any atom is 0.262 e. The fraction of sp³-hybridized carbons (Fsp3) is 0.0769. The maximum absolute atomic E-state index is 12.3. The van der Waals surface area contributed by atoms with Gasteiger partial charge >= 0.3 is 0 Å². The van der Waals surface area contributed by atoms with Gasteiger partial charge in [0.1, 0.15) is 0 Å². The van der Waals surface area contributed by atoms with Gasteiger partial charge < -0.3 is 5.73 Å². The second kappa shape index (κ2) is 5.63. The van der Waals surface area contributed by atoms with Crippen molar-refractivity contribution in [3.8, 4) is 0 Å². The third kappa shape index (κ3) is 3.26. The number of halogens is 2. The molecule has 2 aromatic carbocycles. The minimum absolute atomic E-state index is 0.172. The van der Waals surface area contributed by atoms with E-state index in [0.29, 0.717) is 22.0 Å². The number of anilines is 2. The molecule has 0 bridgehead atoms. The number of hydrogen-bond donors (Lipinski definition) is 2. The van der Waals surface area contributed by atoms with Crippen molar-refractivity contribution < 1.29 is 8.42 Å². The first-order valence-electron chi connectivity index (χ1n) is 5.63. The lowest BCUT2D eigenvalue weighted by molar-refractivity contribution is 0.600. The van der Waals surface area contributed by atoms with E-state index in [9.17, 15) is 8.42 Å². The van der Waals surface area contributed by atoms with Gasteiger partial charge in [-0.05, 0) is 48.9 Å². The van der Waals surface area contributed by atoms with Crippen LogP contribution in [-0.4, -0.2) is 8.42 Å². The molecule has 2 aromatic rings. The summed E-state index contributed by atoms with van der Waals surface area (Å²) in [6.07, 6.45) is 0. The van der Waals surface area contributed by atoms with Crippen molar-refractivity contribution in [3.05, 3.63) is 51.5 Å². The molecule has 0 heterocycles. The van der Waals surface area contributed by atoms with E-state index in [0.717, 1.165) is 4.47 Å². The normalized spacial score (nSPS) is 11.3. The van der Waals surface area contributed by atoms with E-state index in [1.165, 1.54) is 6.07 Å². The molecule has 0 radical (unpaired) electrons. The Morgan fingerprint density at radius 1 is 1.20 bits per heavy atom. The summed E-state index contributed by atoms with van der Waals surface area (Å²) in [4.78, 5) is 0.172. The first-order valence-corrected chi connectivity index (χ1v) is 8.29. The van der Waals surface area contributed by atoms with E-state index < -0.39 is 10.0 Å². The molecule has 0 unspecified atom stereocenters. The summed E-state index contributed by atoms with van der Waals surface area (Å²) >= 11 is 9.28. The number of nitrogens with two attached hydrogens (primary N) is 1. The highest BCUT2D eigenvalue weighted by atomic mass is 79.9. The summed E-state index contributed by atoms with van der Waals surface area (Å²) in [5.74, 6) is 0. The molecular formula is C13H12BrClN2O2S. The lowest BCUT2D eigenvalue weighted by Crippen LogP contribution is -2.14. The summed E-state index contributed by atoms with van der Waals surface area (Å²) in [6, 6.07) is 9.55. The van der Waals surface area contributed by atoms with E-state index in [4.69, 9.17) is 17.3 Å². The number of sulfonamides is 1. The van der Waals surface area contributed by atoms with Crippen LogP contribution >= 0.6 is 27.5 Å². The lowest BCUT2D eigenvalue weighted by atomic mass is 10.2. The smallest absolute Gasteiger partial charge is 0.262 e. The van der Waals surface area contributed by atoms with Gasteiger partial charge in [0.05, 0.1) is 15.6 Å². The summed E-state index contributed by atoms with van der Waals surface area (Å²) in [5.41, 5.74) is 7.04. The van der Waals surface area contributed by atoms with Crippen molar-refractivity contribution in [1.82, 2.24) is 0 Å². The molecule has 0 aromatic heterocycles. The van der Waals surface area contributed by atoms with Gasteiger partial charge in [-0.25, -0.2) is 8.42 Å². The average molecular weight is 376 g/mol. The van der Waals surface area contributed by atoms with Crippen LogP contribution in [0.25, 0.3) is 0 Å². The highest BCUT2D eigenvalue weighted by molar-refractivity contribution is 9.10. The van der Waals surface area contributed by atoms with Gasteiger partial charge in [-0.15, -0.1) is 0 Å².